The predicted molar refractivity (Wildman–Crippen MR) is 140 cm³/mol. The van der Waals surface area contributed by atoms with Crippen molar-refractivity contribution in [2.45, 2.75) is 38.2 Å². The number of Topliss-reactive ketones (excluding diaryl/α,β-unsaturated/α-hetero) is 1. The van der Waals surface area contributed by atoms with Crippen LogP contribution in [-0.2, 0) is 17.8 Å². The number of hydrogen-bond acceptors (Lipinski definition) is 5. The first kappa shape index (κ1) is 23.2. The molecule has 0 spiro atoms. The van der Waals surface area contributed by atoms with Gasteiger partial charge >= 0.3 is 6.09 Å². The fraction of sp³-hybridized carbons (Fsp3) is 0.258. The molecule has 6 nitrogen and oxygen atoms in total. The molecule has 1 unspecified atom stereocenters. The van der Waals surface area contributed by atoms with Crippen LogP contribution < -0.4 is 0 Å². The van der Waals surface area contributed by atoms with Crippen molar-refractivity contribution >= 4 is 11.9 Å². The summed E-state index contributed by atoms with van der Waals surface area (Å²) in [6, 6.07) is 21.8. The molecule has 1 amide bonds. The second-order valence-electron chi connectivity index (χ2n) is 9.75. The number of benzene rings is 2. The number of amides is 1. The van der Waals surface area contributed by atoms with Crippen LogP contribution in [0.3, 0.4) is 0 Å². The fourth-order valence-corrected chi connectivity index (χ4v) is 5.35. The van der Waals surface area contributed by atoms with Crippen LogP contribution in [-0.4, -0.2) is 34.8 Å². The number of rotatable bonds is 5. The number of ketones is 1. The van der Waals surface area contributed by atoms with E-state index in [0.29, 0.717) is 19.5 Å². The van der Waals surface area contributed by atoms with Gasteiger partial charge in [0.25, 0.3) is 0 Å². The van der Waals surface area contributed by atoms with Crippen LogP contribution in [0.1, 0.15) is 52.4 Å². The first-order valence-corrected chi connectivity index (χ1v) is 12.8. The molecule has 1 fully saturated rings. The molecule has 6 heteroatoms. The van der Waals surface area contributed by atoms with Gasteiger partial charge in [-0.3, -0.25) is 9.78 Å². The number of ether oxygens (including phenoxy) is 1. The van der Waals surface area contributed by atoms with Gasteiger partial charge in [0.05, 0.1) is 0 Å². The number of carbonyl (C=O) groups excluding carboxylic acids is 2. The number of nitrogens with zero attached hydrogens (tertiary/aromatic N) is 2. The first-order chi connectivity index (χ1) is 18.2. The normalized spacial score (nSPS) is 17.0. The lowest BCUT2D eigenvalue weighted by Gasteiger charge is -2.31. The minimum absolute atomic E-state index is 0.0726. The van der Waals surface area contributed by atoms with Gasteiger partial charge in [-0.25, -0.2) is 4.79 Å². The van der Waals surface area contributed by atoms with E-state index in [1.54, 1.807) is 17.3 Å². The van der Waals surface area contributed by atoms with E-state index in [0.717, 1.165) is 64.2 Å². The smallest absolute Gasteiger partial charge is 0.410 e. The monoisotopic (exact) mass is 492 g/mol. The van der Waals surface area contributed by atoms with Crippen LogP contribution in [0.2, 0.25) is 0 Å². The van der Waals surface area contributed by atoms with E-state index in [9.17, 15) is 9.59 Å². The summed E-state index contributed by atoms with van der Waals surface area (Å²) in [5.74, 6) is 1.93. The van der Waals surface area contributed by atoms with Crippen molar-refractivity contribution in [2.24, 2.45) is 0 Å². The number of pyridine rings is 1. The van der Waals surface area contributed by atoms with Crippen LogP contribution in [0.5, 0.6) is 0 Å². The Morgan fingerprint density at radius 3 is 2.65 bits per heavy atom. The number of likely N-dealkylation sites (tertiary alicyclic amines) is 1. The third-order valence-corrected chi connectivity index (χ3v) is 7.32. The number of aryl methyl sites for hydroxylation is 1. The summed E-state index contributed by atoms with van der Waals surface area (Å²) < 4.78 is 12.1. The molecule has 3 heterocycles. The summed E-state index contributed by atoms with van der Waals surface area (Å²) in [7, 11) is 0. The van der Waals surface area contributed by atoms with Crippen molar-refractivity contribution in [3.63, 3.8) is 0 Å². The topological polar surface area (TPSA) is 72.6 Å². The van der Waals surface area contributed by atoms with E-state index in [1.807, 2.05) is 54.6 Å². The Hall–Kier alpha value is -4.19. The zero-order chi connectivity index (χ0) is 25.2. The molecule has 37 heavy (non-hydrogen) atoms. The van der Waals surface area contributed by atoms with E-state index in [1.165, 1.54) is 0 Å². The zero-order valence-electron chi connectivity index (χ0n) is 20.6. The van der Waals surface area contributed by atoms with Crippen molar-refractivity contribution < 1.29 is 18.7 Å². The summed E-state index contributed by atoms with van der Waals surface area (Å²) in [4.78, 5) is 30.9. The van der Waals surface area contributed by atoms with Gasteiger partial charge in [-0.1, -0.05) is 48.5 Å². The molecule has 1 saturated heterocycles. The third kappa shape index (κ3) is 4.79. The highest BCUT2D eigenvalue weighted by molar-refractivity contribution is 6.01. The molecule has 1 aliphatic carbocycles. The molecule has 0 N–H and O–H groups in total. The quantitative estimate of drug-likeness (QED) is 0.312. The number of furan rings is 1. The lowest BCUT2D eigenvalue weighted by Crippen LogP contribution is -2.39. The Labute approximate surface area is 215 Å². The summed E-state index contributed by atoms with van der Waals surface area (Å²) in [5.41, 5.74) is 5.86. The maximum Gasteiger partial charge on any atom is 0.410 e. The van der Waals surface area contributed by atoms with E-state index < -0.39 is 0 Å². The van der Waals surface area contributed by atoms with Crippen molar-refractivity contribution in [3.05, 3.63) is 102 Å². The Morgan fingerprint density at radius 1 is 0.973 bits per heavy atom. The number of piperidine rings is 1. The lowest BCUT2D eigenvalue weighted by molar-refractivity contribution is 0.0844. The molecule has 1 atom stereocenters. The number of aromatic nitrogens is 1. The van der Waals surface area contributed by atoms with Crippen molar-refractivity contribution in [2.75, 3.05) is 13.1 Å². The van der Waals surface area contributed by atoms with Gasteiger partial charge in [0.2, 0.25) is 0 Å². The Balaban J connectivity index is 1.26. The minimum Gasteiger partial charge on any atom is -0.460 e. The molecule has 4 aromatic rings. The molecule has 0 saturated carbocycles. The second-order valence-corrected chi connectivity index (χ2v) is 9.75. The first-order valence-electron chi connectivity index (χ1n) is 12.8. The maximum absolute atomic E-state index is 12.8. The molecule has 6 rings (SSSR count). The van der Waals surface area contributed by atoms with Gasteiger partial charge in [0.1, 0.15) is 18.1 Å². The van der Waals surface area contributed by atoms with Crippen LogP contribution in [0, 0.1) is 0 Å². The van der Waals surface area contributed by atoms with Crippen LogP contribution in [0.25, 0.3) is 22.5 Å². The van der Waals surface area contributed by atoms with Gasteiger partial charge < -0.3 is 14.1 Å². The highest BCUT2D eigenvalue weighted by atomic mass is 16.6. The molecule has 0 radical (unpaired) electrons. The fourth-order valence-electron chi connectivity index (χ4n) is 5.35. The van der Waals surface area contributed by atoms with Gasteiger partial charge in [0.15, 0.2) is 5.78 Å². The summed E-state index contributed by atoms with van der Waals surface area (Å²) >= 11 is 0. The molecule has 2 aliphatic rings. The average Bonchev–Trinajstić information content (AvgIpc) is 3.57. The van der Waals surface area contributed by atoms with Gasteiger partial charge in [-0.2, -0.15) is 0 Å². The van der Waals surface area contributed by atoms with Crippen LogP contribution in [0.4, 0.5) is 4.79 Å². The van der Waals surface area contributed by atoms with Gasteiger partial charge in [-0.15, -0.1) is 0 Å². The molecule has 2 aromatic heterocycles. The molecule has 0 bridgehead atoms. The molecule has 1 aliphatic heterocycles. The highest BCUT2D eigenvalue weighted by Gasteiger charge is 2.30. The zero-order valence-corrected chi connectivity index (χ0v) is 20.6. The maximum atomic E-state index is 12.8. The SMILES string of the molecule is O=C1CCc2cc(-c3cc(C4CCCN(C(=O)OCc5ccccc5)C4)oc3-c3ccncc3)ccc21. The number of hydrogen-bond donors (Lipinski definition) is 0. The van der Waals surface area contributed by atoms with E-state index in [2.05, 4.69) is 17.1 Å². The Bertz CT molecular complexity index is 1430. The summed E-state index contributed by atoms with van der Waals surface area (Å²) in [6.07, 6.45) is 6.39. The second kappa shape index (κ2) is 10.1. The van der Waals surface area contributed by atoms with Crippen molar-refractivity contribution in [1.29, 1.82) is 0 Å². The van der Waals surface area contributed by atoms with E-state index in [-0.39, 0.29) is 24.4 Å². The molecule has 2 aromatic carbocycles. The largest absolute Gasteiger partial charge is 0.460 e. The summed E-state index contributed by atoms with van der Waals surface area (Å²) in [5, 5.41) is 0. The standard InChI is InChI=1S/C31H28N2O4/c34-28-11-9-23-17-24(8-10-26(23)28)27-18-29(37-30(27)22-12-14-32-15-13-22)25-7-4-16-33(19-25)31(35)36-20-21-5-2-1-3-6-21/h1-3,5-6,8,10,12-15,17-18,25H,4,7,9,11,16,19-20H2. The minimum atomic E-state index is -0.294. The Kier molecular flexibility index (Phi) is 6.31. The number of fused-ring (bicyclic) bond motifs is 1. The van der Waals surface area contributed by atoms with Crippen molar-refractivity contribution in [3.8, 4) is 22.5 Å². The van der Waals surface area contributed by atoms with Crippen LogP contribution >= 0.6 is 0 Å². The number of carbonyl (C=O) groups is 2. The summed E-state index contributed by atoms with van der Waals surface area (Å²) in [6.45, 7) is 1.49. The van der Waals surface area contributed by atoms with Crippen LogP contribution in [0.15, 0.2) is 83.5 Å². The highest BCUT2D eigenvalue weighted by Crippen LogP contribution is 2.40. The predicted octanol–water partition coefficient (Wildman–Crippen LogP) is 6.65. The van der Waals surface area contributed by atoms with E-state index >= 15 is 0 Å². The lowest BCUT2D eigenvalue weighted by atomic mass is 9.94. The van der Waals surface area contributed by atoms with Crippen molar-refractivity contribution in [1.82, 2.24) is 9.88 Å². The third-order valence-electron chi connectivity index (χ3n) is 7.32. The molecular formula is C31H28N2O4. The van der Waals surface area contributed by atoms with Gasteiger partial charge in [0, 0.05) is 54.5 Å². The van der Waals surface area contributed by atoms with Gasteiger partial charge in [-0.05, 0) is 54.2 Å². The average molecular weight is 493 g/mol. The molecular weight excluding hydrogens is 464 g/mol. The Morgan fingerprint density at radius 2 is 1.81 bits per heavy atom. The van der Waals surface area contributed by atoms with E-state index in [4.69, 9.17) is 9.15 Å². The molecule has 186 valence electrons.